The van der Waals surface area contributed by atoms with E-state index in [1.165, 1.54) is 16.9 Å². The van der Waals surface area contributed by atoms with Crippen LogP contribution in [0.3, 0.4) is 0 Å². The van der Waals surface area contributed by atoms with Crippen molar-refractivity contribution in [3.05, 3.63) is 22.6 Å². The van der Waals surface area contributed by atoms with Gasteiger partial charge < -0.3 is 0 Å². The van der Waals surface area contributed by atoms with Crippen LogP contribution in [-0.4, -0.2) is 5.25 Å². The van der Waals surface area contributed by atoms with E-state index in [4.69, 9.17) is 0 Å². The van der Waals surface area contributed by atoms with E-state index in [1.54, 1.807) is 0 Å². The molecular weight excluding hydrogens is 212 g/mol. The monoisotopic (exact) mass is 238 g/mol. The molecule has 0 aromatic carbocycles. The molecule has 1 unspecified atom stereocenters. The third-order valence-electron chi connectivity index (χ3n) is 3.00. The Bertz CT molecular complexity index is 307. The number of hydrogen-bond donors (Lipinski definition) is 0. The Morgan fingerprint density at radius 3 is 2.06 bits per heavy atom. The summed E-state index contributed by atoms with van der Waals surface area (Å²) < 4.78 is 0. The van der Waals surface area contributed by atoms with Gasteiger partial charge in [0.25, 0.3) is 0 Å². The summed E-state index contributed by atoms with van der Waals surface area (Å²) in [5.74, 6) is 0. The maximum absolute atomic E-state index is 2.35. The molecule has 0 aromatic heterocycles. The molecule has 0 radical (unpaired) electrons. The van der Waals surface area contributed by atoms with Crippen LogP contribution in [0.5, 0.6) is 0 Å². The maximum atomic E-state index is 2.35. The summed E-state index contributed by atoms with van der Waals surface area (Å²) >= 11 is 2.08. The molecule has 0 fully saturated rings. The van der Waals surface area contributed by atoms with E-state index in [2.05, 4.69) is 72.4 Å². The molecule has 1 atom stereocenters. The molecule has 0 aliphatic carbocycles. The third-order valence-corrected chi connectivity index (χ3v) is 5.16. The summed E-state index contributed by atoms with van der Waals surface area (Å²) in [7, 11) is 0. The highest BCUT2D eigenvalue weighted by Gasteiger charge is 2.30. The van der Waals surface area contributed by atoms with Crippen LogP contribution in [0.2, 0.25) is 0 Å². The van der Waals surface area contributed by atoms with Gasteiger partial charge in [0.15, 0.2) is 0 Å². The summed E-state index contributed by atoms with van der Waals surface area (Å²) in [5.41, 5.74) is 2.15. The molecule has 0 bridgehead atoms. The lowest BCUT2D eigenvalue weighted by molar-refractivity contribution is 0.391. The zero-order valence-electron chi connectivity index (χ0n) is 11.8. The van der Waals surface area contributed by atoms with E-state index < -0.39 is 0 Å². The molecule has 16 heavy (non-hydrogen) atoms. The summed E-state index contributed by atoms with van der Waals surface area (Å²) in [6.45, 7) is 16.2. The predicted octanol–water partition coefficient (Wildman–Crippen LogP) is 5.41. The molecule has 1 aliphatic rings. The fourth-order valence-electron chi connectivity index (χ4n) is 1.72. The second-order valence-electron chi connectivity index (χ2n) is 6.97. The van der Waals surface area contributed by atoms with E-state index >= 15 is 0 Å². The van der Waals surface area contributed by atoms with Crippen molar-refractivity contribution in [2.24, 2.45) is 10.8 Å². The fourth-order valence-corrected chi connectivity index (χ4v) is 3.23. The molecule has 1 heteroatoms. The Morgan fingerprint density at radius 2 is 1.62 bits per heavy atom. The van der Waals surface area contributed by atoms with Crippen LogP contribution in [0, 0.1) is 10.8 Å². The van der Waals surface area contributed by atoms with E-state index in [-0.39, 0.29) is 5.41 Å². The average molecular weight is 238 g/mol. The van der Waals surface area contributed by atoms with Gasteiger partial charge in [-0.15, -0.1) is 11.8 Å². The summed E-state index contributed by atoms with van der Waals surface area (Å²) in [6, 6.07) is 0. The maximum Gasteiger partial charge on any atom is 0.0177 e. The van der Waals surface area contributed by atoms with E-state index in [0.717, 1.165) is 0 Å². The molecule has 0 nitrogen and oxygen atoms in total. The van der Waals surface area contributed by atoms with Crippen molar-refractivity contribution in [2.45, 2.75) is 60.1 Å². The van der Waals surface area contributed by atoms with Crippen molar-refractivity contribution in [1.29, 1.82) is 0 Å². The first kappa shape index (κ1) is 13.9. The SMILES string of the molecule is CC1=CC=C(C(C)(C)C)SC(C(C)(C)C)C1. The zero-order chi connectivity index (χ0) is 12.6. The van der Waals surface area contributed by atoms with Crippen molar-refractivity contribution in [3.8, 4) is 0 Å². The lowest BCUT2D eigenvalue weighted by Crippen LogP contribution is -2.24. The minimum Gasteiger partial charge on any atom is -0.126 e. The molecule has 0 N–H and O–H groups in total. The van der Waals surface area contributed by atoms with Crippen LogP contribution in [0.4, 0.5) is 0 Å². The normalized spacial score (nSPS) is 23.6. The van der Waals surface area contributed by atoms with Crippen LogP contribution < -0.4 is 0 Å². The Morgan fingerprint density at radius 1 is 1.06 bits per heavy atom. The van der Waals surface area contributed by atoms with E-state index in [0.29, 0.717) is 10.7 Å². The summed E-state index contributed by atoms with van der Waals surface area (Å²) in [4.78, 5) is 1.52. The van der Waals surface area contributed by atoms with Crippen LogP contribution in [0.1, 0.15) is 54.9 Å². The van der Waals surface area contributed by atoms with Crippen molar-refractivity contribution >= 4 is 11.8 Å². The minimum atomic E-state index is 0.273. The Balaban J connectivity index is 2.99. The molecule has 0 saturated carbocycles. The topological polar surface area (TPSA) is 0 Å². The van der Waals surface area contributed by atoms with Gasteiger partial charge in [0.2, 0.25) is 0 Å². The highest BCUT2D eigenvalue weighted by Crippen LogP contribution is 2.46. The van der Waals surface area contributed by atoms with Gasteiger partial charge in [0.05, 0.1) is 0 Å². The highest BCUT2D eigenvalue weighted by molar-refractivity contribution is 8.03. The smallest absolute Gasteiger partial charge is 0.0177 e. The Labute approximate surface area is 106 Å². The van der Waals surface area contributed by atoms with Crippen molar-refractivity contribution < 1.29 is 0 Å². The molecule has 92 valence electrons. The number of allylic oxidation sites excluding steroid dienone is 4. The molecule has 1 rings (SSSR count). The molecule has 0 spiro atoms. The molecule has 0 saturated heterocycles. The van der Waals surface area contributed by atoms with Crippen molar-refractivity contribution in [1.82, 2.24) is 0 Å². The van der Waals surface area contributed by atoms with Gasteiger partial charge in [-0.25, -0.2) is 0 Å². The van der Waals surface area contributed by atoms with Gasteiger partial charge in [0, 0.05) is 5.25 Å². The van der Waals surface area contributed by atoms with Crippen LogP contribution in [-0.2, 0) is 0 Å². The molecule has 0 aromatic rings. The van der Waals surface area contributed by atoms with E-state index in [1.807, 2.05) is 0 Å². The Hall–Kier alpha value is -0.170. The Kier molecular flexibility index (Phi) is 3.99. The first-order valence-electron chi connectivity index (χ1n) is 6.15. The first-order chi connectivity index (χ1) is 7.10. The van der Waals surface area contributed by atoms with Crippen molar-refractivity contribution in [3.63, 3.8) is 0 Å². The largest absolute Gasteiger partial charge is 0.126 e. The molecule has 0 amide bonds. The lowest BCUT2D eigenvalue weighted by Gasteiger charge is -2.33. The van der Waals surface area contributed by atoms with Gasteiger partial charge >= 0.3 is 0 Å². The standard InChI is InChI=1S/C15H26S/c1-11-8-9-12(14(2,3)4)16-13(10-11)15(5,6)7/h8-9,13H,10H2,1-7H3. The summed E-state index contributed by atoms with van der Waals surface area (Å²) in [6.07, 6.45) is 5.84. The predicted molar refractivity (Wildman–Crippen MR) is 76.7 cm³/mol. The minimum absolute atomic E-state index is 0.273. The van der Waals surface area contributed by atoms with Crippen LogP contribution in [0.25, 0.3) is 0 Å². The number of hydrogen-bond acceptors (Lipinski definition) is 1. The second kappa shape index (κ2) is 4.60. The van der Waals surface area contributed by atoms with Gasteiger partial charge in [0.1, 0.15) is 0 Å². The molecule has 1 heterocycles. The summed E-state index contributed by atoms with van der Waals surface area (Å²) in [5, 5.41) is 0.691. The number of rotatable bonds is 0. The second-order valence-corrected chi connectivity index (χ2v) is 8.22. The zero-order valence-corrected chi connectivity index (χ0v) is 12.7. The lowest BCUT2D eigenvalue weighted by atomic mass is 9.88. The average Bonchev–Trinajstić information content (AvgIpc) is 2.24. The van der Waals surface area contributed by atoms with Crippen molar-refractivity contribution in [2.75, 3.05) is 0 Å². The van der Waals surface area contributed by atoms with Gasteiger partial charge in [-0.3, -0.25) is 0 Å². The molecular formula is C15H26S. The molecule has 1 aliphatic heterocycles. The first-order valence-corrected chi connectivity index (χ1v) is 7.03. The van der Waals surface area contributed by atoms with Gasteiger partial charge in [-0.2, -0.15) is 0 Å². The highest BCUT2D eigenvalue weighted by atomic mass is 32.2. The van der Waals surface area contributed by atoms with Gasteiger partial charge in [-0.05, 0) is 29.1 Å². The van der Waals surface area contributed by atoms with Gasteiger partial charge in [-0.1, -0.05) is 59.3 Å². The quantitative estimate of drug-likeness (QED) is 0.543. The van der Waals surface area contributed by atoms with Crippen LogP contribution in [0.15, 0.2) is 22.6 Å². The third kappa shape index (κ3) is 3.69. The fraction of sp³-hybridized carbons (Fsp3) is 0.733. The van der Waals surface area contributed by atoms with E-state index in [9.17, 15) is 0 Å². The van der Waals surface area contributed by atoms with Crippen LogP contribution >= 0.6 is 11.8 Å². The number of thioether (sulfide) groups is 1.